The summed E-state index contributed by atoms with van der Waals surface area (Å²) in [6.07, 6.45) is 45.8. The molecule has 13 rings (SSSR count). The molecule has 0 radical (unpaired) electrons. The first kappa shape index (κ1) is 33.3. The second-order valence-electron chi connectivity index (χ2n) is 17.7. The zero-order chi connectivity index (χ0) is 37.9. The highest BCUT2D eigenvalue weighted by Crippen LogP contribution is 2.58. The summed E-state index contributed by atoms with van der Waals surface area (Å²) in [6.45, 7) is 0. The van der Waals surface area contributed by atoms with Gasteiger partial charge in [-0.3, -0.25) is 0 Å². The molecule has 4 nitrogen and oxygen atoms in total. The standard InChI is InChI=1S/C54H48N2O2/c1-3-15-35(16-4-1)55-45-25-13-11-23-41(45)51-43-29-27-33(31-47(43)57-53(51)55)49-37-19-7-9-21-39(37)50(40-22-10-8-20-38(40)49)34-28-30-44-48(32-34)58-54-52(44)42-24-12-14-26-46(42)56(54)36-17-5-2-6-18-36/h1-5,7-8,12-15,17,19-20,24-31,34-35,51-54H,6,9-11,16,18,21-23,32H2/t34-,35?,51?,52+,53?,54?/m1/s1. The summed E-state index contributed by atoms with van der Waals surface area (Å²) in [5, 5.41) is 0. The molecule has 3 aromatic rings. The van der Waals surface area contributed by atoms with E-state index in [1.807, 2.05) is 0 Å². The molecular formula is C54H48N2O2. The molecule has 0 saturated carbocycles. The predicted molar refractivity (Wildman–Crippen MR) is 234 cm³/mol. The van der Waals surface area contributed by atoms with Gasteiger partial charge in [-0.15, -0.1) is 0 Å². The van der Waals surface area contributed by atoms with Crippen molar-refractivity contribution in [3.05, 3.63) is 189 Å². The Labute approximate surface area is 341 Å². The molecular weight excluding hydrogens is 709 g/mol. The fourth-order valence-electron chi connectivity index (χ4n) is 12.3. The molecule has 0 spiro atoms. The molecule has 0 aromatic heterocycles. The summed E-state index contributed by atoms with van der Waals surface area (Å²) in [7, 11) is 0. The molecule has 3 aromatic carbocycles. The molecule has 10 aliphatic rings. The van der Waals surface area contributed by atoms with Crippen molar-refractivity contribution in [2.45, 2.75) is 100 Å². The average Bonchev–Trinajstić information content (AvgIpc) is 4.02. The minimum absolute atomic E-state index is 0.00978. The molecule has 0 bridgehead atoms. The van der Waals surface area contributed by atoms with Crippen LogP contribution in [0, 0.1) is 0 Å². The SMILES string of the molecule is C1=CCCC(N2c3ccccc3[C@H]3C4=C(C[C@H](c5c6c(c(-c7ccc8c(c7)OC7C8C8=C(C=CCC8)N7C7C=CC=CC7)c7c5CCC=C7)C=CCC6)C=C4)OC32)=C1. The van der Waals surface area contributed by atoms with Crippen molar-refractivity contribution in [1.82, 2.24) is 4.90 Å². The number of hydrogen-bond donors (Lipinski definition) is 0. The number of nitrogens with zero attached hydrogens (tertiary/aromatic N) is 2. The summed E-state index contributed by atoms with van der Waals surface area (Å²) >= 11 is 0. The maximum absolute atomic E-state index is 7.15. The van der Waals surface area contributed by atoms with Gasteiger partial charge < -0.3 is 19.3 Å². The Hall–Kier alpha value is -5.74. The van der Waals surface area contributed by atoms with E-state index < -0.39 is 0 Å². The number of ether oxygens (including phenoxy) is 2. The van der Waals surface area contributed by atoms with Crippen LogP contribution in [0.2, 0.25) is 0 Å². The number of fused-ring (bicyclic) bond motifs is 10. The summed E-state index contributed by atoms with van der Waals surface area (Å²) < 4.78 is 14.3. The van der Waals surface area contributed by atoms with Gasteiger partial charge in [0, 0.05) is 40.6 Å². The van der Waals surface area contributed by atoms with Crippen LogP contribution in [0.3, 0.4) is 0 Å². The predicted octanol–water partition coefficient (Wildman–Crippen LogP) is 12.4. The first-order valence-electron chi connectivity index (χ1n) is 22.0. The van der Waals surface area contributed by atoms with Gasteiger partial charge in [0.05, 0.1) is 17.9 Å². The summed E-state index contributed by atoms with van der Waals surface area (Å²) in [6, 6.07) is 16.5. The van der Waals surface area contributed by atoms with Crippen molar-refractivity contribution in [3.8, 4) is 16.9 Å². The molecule has 4 unspecified atom stereocenters. The maximum atomic E-state index is 7.15. The lowest BCUT2D eigenvalue weighted by Gasteiger charge is -2.34. The lowest BCUT2D eigenvalue weighted by molar-refractivity contribution is 0.0607. The minimum Gasteiger partial charge on any atom is -0.473 e. The average molecular weight is 757 g/mol. The fourth-order valence-corrected chi connectivity index (χ4v) is 12.3. The van der Waals surface area contributed by atoms with E-state index in [9.17, 15) is 0 Å². The number of hydrogen-bond acceptors (Lipinski definition) is 4. The van der Waals surface area contributed by atoms with Gasteiger partial charge in [0.1, 0.15) is 11.5 Å². The van der Waals surface area contributed by atoms with Crippen molar-refractivity contribution in [2.24, 2.45) is 0 Å². The van der Waals surface area contributed by atoms with Crippen LogP contribution in [0.25, 0.3) is 23.3 Å². The Kier molecular flexibility index (Phi) is 7.39. The van der Waals surface area contributed by atoms with Gasteiger partial charge in [-0.2, -0.15) is 0 Å². The maximum Gasteiger partial charge on any atom is 0.187 e. The first-order chi connectivity index (χ1) is 28.8. The molecule has 0 N–H and O–H groups in total. The molecule has 286 valence electrons. The van der Waals surface area contributed by atoms with Crippen LogP contribution in [-0.4, -0.2) is 23.4 Å². The summed E-state index contributed by atoms with van der Waals surface area (Å²) in [5.74, 6) is 3.08. The van der Waals surface area contributed by atoms with Crippen molar-refractivity contribution < 1.29 is 9.47 Å². The number of rotatable bonds is 4. The van der Waals surface area contributed by atoms with E-state index in [4.69, 9.17) is 9.47 Å². The minimum atomic E-state index is -0.0123. The number of allylic oxidation sites excluding steroid dienone is 13. The number of benzene rings is 3. The van der Waals surface area contributed by atoms with Crippen LogP contribution < -0.4 is 9.64 Å². The Bertz CT molecular complexity index is 2590. The lowest BCUT2D eigenvalue weighted by atomic mass is 9.72. The summed E-state index contributed by atoms with van der Waals surface area (Å²) in [5.41, 5.74) is 19.9. The van der Waals surface area contributed by atoms with E-state index in [1.165, 1.54) is 61.8 Å². The molecule has 0 amide bonds. The molecule has 4 aliphatic heterocycles. The third-order valence-corrected chi connectivity index (χ3v) is 14.7. The molecule has 4 heteroatoms. The molecule has 6 aliphatic carbocycles. The molecule has 6 atom stereocenters. The van der Waals surface area contributed by atoms with Crippen LogP contribution >= 0.6 is 0 Å². The highest BCUT2D eigenvalue weighted by atomic mass is 16.5. The number of anilines is 1. The highest BCUT2D eigenvalue weighted by Gasteiger charge is 2.51. The quantitative estimate of drug-likeness (QED) is 0.265. The fraction of sp³-hybridized carbons (Fsp3) is 0.296. The zero-order valence-corrected chi connectivity index (χ0v) is 32.9. The Morgan fingerprint density at radius 2 is 1.48 bits per heavy atom. The lowest BCUT2D eigenvalue weighted by Crippen LogP contribution is -2.41. The van der Waals surface area contributed by atoms with Crippen molar-refractivity contribution >= 4 is 17.8 Å². The van der Waals surface area contributed by atoms with Crippen LogP contribution in [0.4, 0.5) is 5.69 Å². The van der Waals surface area contributed by atoms with Crippen molar-refractivity contribution in [1.29, 1.82) is 0 Å². The summed E-state index contributed by atoms with van der Waals surface area (Å²) in [4.78, 5) is 5.09. The largest absolute Gasteiger partial charge is 0.473 e. The monoisotopic (exact) mass is 756 g/mol. The van der Waals surface area contributed by atoms with Gasteiger partial charge >= 0.3 is 0 Å². The van der Waals surface area contributed by atoms with E-state index in [-0.39, 0.29) is 24.3 Å². The van der Waals surface area contributed by atoms with E-state index >= 15 is 0 Å². The Morgan fingerprint density at radius 3 is 2.31 bits per heavy atom. The van der Waals surface area contributed by atoms with Crippen molar-refractivity contribution in [2.75, 3.05) is 4.90 Å². The van der Waals surface area contributed by atoms with Gasteiger partial charge in [0.25, 0.3) is 0 Å². The zero-order valence-electron chi connectivity index (χ0n) is 32.9. The van der Waals surface area contributed by atoms with Gasteiger partial charge in [-0.05, 0) is 132 Å². The van der Waals surface area contributed by atoms with Gasteiger partial charge in [-0.25, -0.2) is 0 Å². The van der Waals surface area contributed by atoms with Gasteiger partial charge in [0.15, 0.2) is 12.5 Å². The van der Waals surface area contributed by atoms with Gasteiger partial charge in [-0.1, -0.05) is 109 Å². The first-order valence-corrected chi connectivity index (χ1v) is 22.0. The molecule has 4 heterocycles. The van der Waals surface area contributed by atoms with E-state index in [0.717, 1.165) is 70.0 Å². The highest BCUT2D eigenvalue weighted by molar-refractivity contribution is 5.89. The number of para-hydroxylation sites is 1. The Morgan fingerprint density at radius 1 is 0.655 bits per heavy atom. The topological polar surface area (TPSA) is 24.9 Å². The Balaban J connectivity index is 0.877. The molecule has 58 heavy (non-hydrogen) atoms. The van der Waals surface area contributed by atoms with Crippen LogP contribution in [0.15, 0.2) is 150 Å². The third kappa shape index (κ3) is 4.75. The second-order valence-corrected chi connectivity index (χ2v) is 17.7. The normalized spacial score (nSPS) is 28.7. The van der Waals surface area contributed by atoms with E-state index in [1.54, 1.807) is 22.3 Å². The van der Waals surface area contributed by atoms with E-state index in [0.29, 0.717) is 12.0 Å². The molecule has 0 saturated heterocycles. The second kappa shape index (κ2) is 12.9. The van der Waals surface area contributed by atoms with Crippen LogP contribution in [0.5, 0.6) is 5.75 Å². The van der Waals surface area contributed by atoms with Crippen molar-refractivity contribution in [3.63, 3.8) is 0 Å². The molecule has 0 fully saturated rings. The van der Waals surface area contributed by atoms with Crippen LogP contribution in [0.1, 0.15) is 108 Å². The van der Waals surface area contributed by atoms with Crippen LogP contribution in [-0.2, 0) is 17.6 Å². The van der Waals surface area contributed by atoms with Gasteiger partial charge in [0.2, 0.25) is 0 Å². The van der Waals surface area contributed by atoms with E-state index in [2.05, 4.69) is 143 Å². The third-order valence-electron chi connectivity index (χ3n) is 14.7. The smallest absolute Gasteiger partial charge is 0.187 e.